The van der Waals surface area contributed by atoms with Crippen molar-refractivity contribution in [1.82, 2.24) is 15.2 Å². The van der Waals surface area contributed by atoms with Crippen LogP contribution in [0, 0.1) is 0 Å². The first-order valence-electron chi connectivity index (χ1n) is 7.21. The fraction of sp³-hybridized carbons (Fsp3) is 0.467. The Bertz CT molecular complexity index is 543. The van der Waals surface area contributed by atoms with Gasteiger partial charge in [-0.3, -0.25) is 5.10 Å². The van der Waals surface area contributed by atoms with Crippen LogP contribution in [-0.2, 0) is 5.75 Å². The summed E-state index contributed by atoms with van der Waals surface area (Å²) in [5.41, 5.74) is 7.73. The van der Waals surface area contributed by atoms with E-state index < -0.39 is 0 Å². The zero-order valence-electron chi connectivity index (χ0n) is 11.5. The minimum Gasteiger partial charge on any atom is -0.399 e. The van der Waals surface area contributed by atoms with Gasteiger partial charge in [-0.05, 0) is 30.5 Å². The molecule has 5 heteroatoms. The average molecular weight is 288 g/mol. The number of hydrogen-bond acceptors (Lipinski definition) is 4. The Kier molecular flexibility index (Phi) is 4.25. The molecule has 1 aliphatic carbocycles. The van der Waals surface area contributed by atoms with Crippen LogP contribution in [0.2, 0.25) is 0 Å². The summed E-state index contributed by atoms with van der Waals surface area (Å²) in [5, 5.41) is 8.29. The first-order chi connectivity index (χ1) is 9.81. The largest absolute Gasteiger partial charge is 0.399 e. The molecule has 1 saturated carbocycles. The highest BCUT2D eigenvalue weighted by Crippen LogP contribution is 2.31. The summed E-state index contributed by atoms with van der Waals surface area (Å²) < 4.78 is 0. The van der Waals surface area contributed by atoms with Crippen LogP contribution in [0.15, 0.2) is 29.4 Å². The van der Waals surface area contributed by atoms with Crippen molar-refractivity contribution in [3.63, 3.8) is 0 Å². The van der Waals surface area contributed by atoms with Crippen LogP contribution in [0.1, 0.15) is 49.4 Å². The smallest absolute Gasteiger partial charge is 0.208 e. The third-order valence-electron chi connectivity index (χ3n) is 3.82. The van der Waals surface area contributed by atoms with Gasteiger partial charge in [-0.25, -0.2) is 4.98 Å². The number of nitrogens with one attached hydrogen (secondary N) is 1. The fourth-order valence-corrected chi connectivity index (χ4v) is 3.40. The Morgan fingerprint density at radius 2 is 1.90 bits per heavy atom. The first-order valence-corrected chi connectivity index (χ1v) is 8.19. The molecule has 0 saturated heterocycles. The number of nitrogens with two attached hydrogens (primary N) is 1. The highest BCUT2D eigenvalue weighted by atomic mass is 32.2. The Balaban J connectivity index is 1.58. The summed E-state index contributed by atoms with van der Waals surface area (Å²) in [4.78, 5) is 4.64. The van der Waals surface area contributed by atoms with Crippen LogP contribution < -0.4 is 5.73 Å². The first kappa shape index (κ1) is 13.5. The topological polar surface area (TPSA) is 67.6 Å². The summed E-state index contributed by atoms with van der Waals surface area (Å²) in [7, 11) is 0. The number of hydrogen-bond donors (Lipinski definition) is 2. The van der Waals surface area contributed by atoms with Crippen molar-refractivity contribution in [2.24, 2.45) is 0 Å². The molecule has 0 unspecified atom stereocenters. The molecular formula is C15H20N4S. The number of aromatic amines is 1. The summed E-state index contributed by atoms with van der Waals surface area (Å²) in [6.45, 7) is 0. The van der Waals surface area contributed by atoms with E-state index in [-0.39, 0.29) is 0 Å². The molecule has 0 bridgehead atoms. The minimum absolute atomic E-state index is 0.585. The van der Waals surface area contributed by atoms with E-state index in [9.17, 15) is 0 Å². The van der Waals surface area contributed by atoms with Gasteiger partial charge < -0.3 is 5.73 Å². The van der Waals surface area contributed by atoms with Crippen LogP contribution >= 0.6 is 11.8 Å². The fourth-order valence-electron chi connectivity index (χ4n) is 2.64. The van der Waals surface area contributed by atoms with Crippen molar-refractivity contribution >= 4 is 17.4 Å². The third-order valence-corrected chi connectivity index (χ3v) is 4.74. The summed E-state index contributed by atoms with van der Waals surface area (Å²) in [6, 6.07) is 7.97. The van der Waals surface area contributed by atoms with E-state index in [1.54, 1.807) is 11.8 Å². The second-order valence-electron chi connectivity index (χ2n) is 5.37. The van der Waals surface area contributed by atoms with E-state index in [0.29, 0.717) is 5.92 Å². The number of H-pyrrole nitrogens is 1. The van der Waals surface area contributed by atoms with E-state index in [0.717, 1.165) is 22.4 Å². The van der Waals surface area contributed by atoms with E-state index in [2.05, 4.69) is 27.3 Å². The highest BCUT2D eigenvalue weighted by molar-refractivity contribution is 7.98. The van der Waals surface area contributed by atoms with Gasteiger partial charge in [-0.2, -0.15) is 0 Å². The van der Waals surface area contributed by atoms with Crippen molar-refractivity contribution in [3.8, 4) is 0 Å². The van der Waals surface area contributed by atoms with Gasteiger partial charge in [-0.15, -0.1) is 5.10 Å². The molecule has 1 fully saturated rings. The van der Waals surface area contributed by atoms with Gasteiger partial charge in [-0.1, -0.05) is 43.2 Å². The minimum atomic E-state index is 0.585. The van der Waals surface area contributed by atoms with Crippen LogP contribution in [0.25, 0.3) is 0 Å². The lowest BCUT2D eigenvalue weighted by Gasteiger charge is -2.18. The highest BCUT2D eigenvalue weighted by Gasteiger charge is 2.19. The maximum atomic E-state index is 5.68. The average Bonchev–Trinajstić information content (AvgIpc) is 2.97. The van der Waals surface area contributed by atoms with E-state index in [1.165, 1.54) is 37.7 Å². The predicted octanol–water partition coefficient (Wildman–Crippen LogP) is 3.73. The molecule has 1 aliphatic rings. The monoisotopic (exact) mass is 288 g/mol. The Labute approximate surface area is 123 Å². The quantitative estimate of drug-likeness (QED) is 0.664. The van der Waals surface area contributed by atoms with Gasteiger partial charge in [0.2, 0.25) is 5.16 Å². The molecule has 0 amide bonds. The standard InChI is InChI=1S/C15H20N4S/c16-13-8-6-11(7-9-13)10-20-15-17-14(18-19-15)12-4-2-1-3-5-12/h6-9,12H,1-5,10,16H2,(H,17,18,19). The molecule has 0 aliphatic heterocycles. The lowest BCUT2D eigenvalue weighted by Crippen LogP contribution is -2.06. The van der Waals surface area contributed by atoms with Crippen LogP contribution in [-0.4, -0.2) is 15.2 Å². The van der Waals surface area contributed by atoms with E-state index in [1.807, 2.05) is 12.1 Å². The van der Waals surface area contributed by atoms with Crippen LogP contribution in [0.3, 0.4) is 0 Å². The predicted molar refractivity (Wildman–Crippen MR) is 82.6 cm³/mol. The number of aromatic nitrogens is 3. The molecule has 1 aromatic carbocycles. The lowest BCUT2D eigenvalue weighted by molar-refractivity contribution is 0.429. The van der Waals surface area contributed by atoms with Crippen LogP contribution in [0.4, 0.5) is 5.69 Å². The molecule has 0 radical (unpaired) electrons. The SMILES string of the molecule is Nc1ccc(CSc2n[nH]c(C3CCCCC3)n2)cc1. The molecule has 1 heterocycles. The molecule has 20 heavy (non-hydrogen) atoms. The van der Waals surface area contributed by atoms with Crippen molar-refractivity contribution in [2.75, 3.05) is 5.73 Å². The van der Waals surface area contributed by atoms with Gasteiger partial charge in [0.05, 0.1) is 0 Å². The third kappa shape index (κ3) is 3.33. The molecule has 0 atom stereocenters. The summed E-state index contributed by atoms with van der Waals surface area (Å²) in [6.07, 6.45) is 6.50. The number of anilines is 1. The second kappa shape index (κ2) is 6.31. The molecular weight excluding hydrogens is 268 g/mol. The van der Waals surface area contributed by atoms with Crippen molar-refractivity contribution < 1.29 is 0 Å². The Hall–Kier alpha value is -1.49. The van der Waals surface area contributed by atoms with Gasteiger partial charge in [0.1, 0.15) is 5.82 Å². The van der Waals surface area contributed by atoms with Crippen molar-refractivity contribution in [3.05, 3.63) is 35.7 Å². The number of thioether (sulfide) groups is 1. The van der Waals surface area contributed by atoms with E-state index >= 15 is 0 Å². The normalized spacial score (nSPS) is 16.4. The number of rotatable bonds is 4. The molecule has 2 aromatic rings. The molecule has 1 aromatic heterocycles. The molecule has 0 spiro atoms. The van der Waals surface area contributed by atoms with Gasteiger partial charge >= 0.3 is 0 Å². The number of benzene rings is 1. The summed E-state index contributed by atoms with van der Waals surface area (Å²) >= 11 is 1.67. The van der Waals surface area contributed by atoms with Crippen molar-refractivity contribution in [1.29, 1.82) is 0 Å². The van der Waals surface area contributed by atoms with Gasteiger partial charge in [0.15, 0.2) is 0 Å². The molecule has 3 rings (SSSR count). The second-order valence-corrected chi connectivity index (χ2v) is 6.31. The maximum Gasteiger partial charge on any atom is 0.208 e. The number of nitrogens with zero attached hydrogens (tertiary/aromatic N) is 2. The Morgan fingerprint density at radius 1 is 1.15 bits per heavy atom. The lowest BCUT2D eigenvalue weighted by atomic mass is 9.89. The number of nitrogen functional groups attached to an aromatic ring is 1. The summed E-state index contributed by atoms with van der Waals surface area (Å²) in [5.74, 6) is 2.54. The van der Waals surface area contributed by atoms with E-state index in [4.69, 9.17) is 5.73 Å². The van der Waals surface area contributed by atoms with Crippen molar-refractivity contribution in [2.45, 2.75) is 48.9 Å². The molecule has 3 N–H and O–H groups in total. The van der Waals surface area contributed by atoms with Gasteiger partial charge in [0, 0.05) is 17.4 Å². The Morgan fingerprint density at radius 3 is 2.65 bits per heavy atom. The van der Waals surface area contributed by atoms with Gasteiger partial charge in [0.25, 0.3) is 0 Å². The molecule has 106 valence electrons. The molecule has 4 nitrogen and oxygen atoms in total. The maximum absolute atomic E-state index is 5.68. The zero-order valence-corrected chi connectivity index (χ0v) is 12.3. The van der Waals surface area contributed by atoms with Crippen LogP contribution in [0.5, 0.6) is 0 Å². The zero-order chi connectivity index (χ0) is 13.8.